The van der Waals surface area contributed by atoms with E-state index < -0.39 is 0 Å². The highest BCUT2D eigenvalue weighted by Crippen LogP contribution is 2.38. The largest absolute Gasteiger partial charge is 0.306 e. The Morgan fingerprint density at radius 3 is 0.781 bits per heavy atom. The van der Waals surface area contributed by atoms with Crippen LogP contribution >= 0.6 is 24.4 Å². The Hall–Kier alpha value is -5.94. The lowest BCUT2D eigenvalue weighted by atomic mass is 9.92. The molecule has 324 valence electrons. The summed E-state index contributed by atoms with van der Waals surface area (Å²) in [5.74, 6) is 0. The first-order valence-electron chi connectivity index (χ1n) is 22.3. The summed E-state index contributed by atoms with van der Waals surface area (Å²) in [4.78, 5) is 0. The Morgan fingerprint density at radius 2 is 0.531 bits per heavy atom. The van der Waals surface area contributed by atoms with Crippen molar-refractivity contribution in [2.45, 2.75) is 96.9 Å². The molecule has 2 nitrogen and oxygen atoms in total. The summed E-state index contributed by atoms with van der Waals surface area (Å²) in [5, 5.41) is 0. The molecule has 0 N–H and O–H groups in total. The molecule has 0 spiro atoms. The lowest BCUT2D eigenvalue weighted by molar-refractivity contribution is 0.995. The standard InChI is InChI=1S/2C30H31NS/c2*1-18-14-23(6)29(24(7)15-18)31-17-25(27-19(2)10-8-11-20(27)3)16-26(30(31)32)28-21(4)12-9-13-22(28)5/h2*8-17H,1-7H3. The molecule has 0 saturated heterocycles. The van der Waals surface area contributed by atoms with Crippen molar-refractivity contribution in [3.05, 3.63) is 209 Å². The molecule has 0 amide bonds. The predicted molar refractivity (Wildman–Crippen MR) is 281 cm³/mol. The maximum Gasteiger partial charge on any atom is 0.118 e. The van der Waals surface area contributed by atoms with Crippen molar-refractivity contribution in [3.63, 3.8) is 0 Å². The molecular formula is C60H62N2S2. The molecule has 4 heteroatoms. The van der Waals surface area contributed by atoms with Crippen LogP contribution in [0.25, 0.3) is 55.9 Å². The van der Waals surface area contributed by atoms with Crippen LogP contribution in [0, 0.1) is 106 Å². The maximum absolute atomic E-state index is 6.17. The van der Waals surface area contributed by atoms with E-state index in [1.165, 1.54) is 123 Å². The lowest BCUT2D eigenvalue weighted by Gasteiger charge is -2.21. The van der Waals surface area contributed by atoms with Gasteiger partial charge in [-0.15, -0.1) is 0 Å². The molecule has 0 radical (unpaired) electrons. The van der Waals surface area contributed by atoms with Crippen LogP contribution in [0.1, 0.15) is 77.9 Å². The van der Waals surface area contributed by atoms with Gasteiger partial charge in [-0.1, -0.05) is 133 Å². The summed E-state index contributed by atoms with van der Waals surface area (Å²) in [6.07, 6.45) is 4.47. The molecule has 8 aromatic rings. The molecule has 6 aromatic carbocycles. The Bertz CT molecular complexity index is 2900. The molecule has 0 atom stereocenters. The van der Waals surface area contributed by atoms with Crippen molar-refractivity contribution in [1.29, 1.82) is 0 Å². The van der Waals surface area contributed by atoms with E-state index >= 15 is 0 Å². The summed E-state index contributed by atoms with van der Waals surface area (Å²) in [6.45, 7) is 30.5. The quantitative estimate of drug-likeness (QED) is 0.154. The Labute approximate surface area is 393 Å². The number of rotatable bonds is 6. The fourth-order valence-corrected chi connectivity index (χ4v) is 10.9. The average molecular weight is 875 g/mol. The van der Waals surface area contributed by atoms with Gasteiger partial charge in [-0.05, 0) is 209 Å². The molecule has 8 rings (SSSR count). The van der Waals surface area contributed by atoms with Crippen LogP contribution in [-0.2, 0) is 0 Å². The van der Waals surface area contributed by atoms with E-state index in [1.54, 1.807) is 0 Å². The maximum atomic E-state index is 6.17. The highest BCUT2D eigenvalue weighted by atomic mass is 32.1. The van der Waals surface area contributed by atoms with Gasteiger partial charge in [0.1, 0.15) is 9.28 Å². The Kier molecular flexibility index (Phi) is 13.4. The van der Waals surface area contributed by atoms with Crippen molar-refractivity contribution >= 4 is 24.4 Å². The van der Waals surface area contributed by atoms with Gasteiger partial charge in [0.25, 0.3) is 0 Å². The van der Waals surface area contributed by atoms with E-state index in [9.17, 15) is 0 Å². The summed E-state index contributed by atoms with van der Waals surface area (Å²) in [7, 11) is 0. The molecule has 0 aliphatic carbocycles. The third-order valence-corrected chi connectivity index (χ3v) is 13.7. The van der Waals surface area contributed by atoms with Crippen LogP contribution in [0.4, 0.5) is 0 Å². The van der Waals surface area contributed by atoms with Gasteiger partial charge in [-0.2, -0.15) is 0 Å². The number of aryl methyl sites for hydroxylation is 14. The summed E-state index contributed by atoms with van der Waals surface area (Å²) >= 11 is 12.3. The zero-order valence-corrected chi connectivity index (χ0v) is 41.9. The SMILES string of the molecule is Cc1cc(C)c(-n2cc(-c3c(C)cccc3C)cc(-c3c(C)cccc3C)c2=S)c(C)c1.Cc1cc(C)c(-n2cc(-c3c(C)cccc3C)cc(-c3c(C)cccc3C)c2=S)c(C)c1. The molecule has 0 fully saturated rings. The van der Waals surface area contributed by atoms with Crippen LogP contribution in [0.3, 0.4) is 0 Å². The number of hydrogen-bond donors (Lipinski definition) is 0. The summed E-state index contributed by atoms with van der Waals surface area (Å²) in [5.41, 5.74) is 29.7. The third kappa shape index (κ3) is 8.92. The smallest absolute Gasteiger partial charge is 0.118 e. The molecule has 64 heavy (non-hydrogen) atoms. The highest BCUT2D eigenvalue weighted by molar-refractivity contribution is 7.71. The van der Waals surface area contributed by atoms with Crippen LogP contribution < -0.4 is 0 Å². The van der Waals surface area contributed by atoms with E-state index in [0.29, 0.717) is 0 Å². The fraction of sp³-hybridized carbons (Fsp3) is 0.233. The molecule has 0 aliphatic heterocycles. The minimum atomic E-state index is 0.854. The molecule has 0 unspecified atom stereocenters. The first kappa shape index (κ1) is 46.1. The molecule has 0 aliphatic rings. The van der Waals surface area contributed by atoms with Gasteiger partial charge >= 0.3 is 0 Å². The number of pyridine rings is 2. The van der Waals surface area contributed by atoms with Gasteiger partial charge in [0, 0.05) is 23.5 Å². The van der Waals surface area contributed by atoms with Crippen molar-refractivity contribution < 1.29 is 0 Å². The molecular weight excluding hydrogens is 813 g/mol. The zero-order chi connectivity index (χ0) is 46.3. The Balaban J connectivity index is 0.000000191. The van der Waals surface area contributed by atoms with E-state index in [1.807, 2.05) is 0 Å². The number of hydrogen-bond acceptors (Lipinski definition) is 2. The summed E-state index contributed by atoms with van der Waals surface area (Å²) < 4.78 is 6.18. The van der Waals surface area contributed by atoms with Crippen LogP contribution in [0.5, 0.6) is 0 Å². The predicted octanol–water partition coefficient (Wildman–Crippen LogP) is 17.4. The van der Waals surface area contributed by atoms with Crippen molar-refractivity contribution in [3.8, 4) is 55.9 Å². The van der Waals surface area contributed by atoms with E-state index in [0.717, 1.165) is 20.4 Å². The average Bonchev–Trinajstić information content (AvgIpc) is 3.20. The van der Waals surface area contributed by atoms with Crippen molar-refractivity contribution in [2.24, 2.45) is 0 Å². The second-order valence-electron chi connectivity index (χ2n) is 18.2. The third-order valence-electron chi connectivity index (χ3n) is 12.8. The van der Waals surface area contributed by atoms with Gasteiger partial charge in [0.15, 0.2) is 0 Å². The van der Waals surface area contributed by atoms with Gasteiger partial charge in [0.05, 0.1) is 11.4 Å². The van der Waals surface area contributed by atoms with Gasteiger partial charge in [0.2, 0.25) is 0 Å². The minimum absolute atomic E-state index is 0.854. The van der Waals surface area contributed by atoms with Crippen LogP contribution in [-0.4, -0.2) is 9.13 Å². The zero-order valence-electron chi connectivity index (χ0n) is 40.3. The number of benzene rings is 6. The van der Waals surface area contributed by atoms with Crippen molar-refractivity contribution in [1.82, 2.24) is 9.13 Å². The van der Waals surface area contributed by atoms with Gasteiger partial charge in [-0.25, -0.2) is 0 Å². The van der Waals surface area contributed by atoms with Crippen LogP contribution in [0.2, 0.25) is 0 Å². The Morgan fingerprint density at radius 1 is 0.297 bits per heavy atom. The van der Waals surface area contributed by atoms with Gasteiger partial charge < -0.3 is 9.13 Å². The minimum Gasteiger partial charge on any atom is -0.306 e. The summed E-state index contributed by atoms with van der Waals surface area (Å²) in [6, 6.07) is 39.5. The van der Waals surface area contributed by atoms with Crippen LogP contribution in [0.15, 0.2) is 122 Å². The lowest BCUT2D eigenvalue weighted by Crippen LogP contribution is -2.06. The molecule has 0 bridgehead atoms. The molecule has 2 heterocycles. The monoisotopic (exact) mass is 874 g/mol. The first-order valence-corrected chi connectivity index (χ1v) is 23.2. The normalized spacial score (nSPS) is 11.1. The molecule has 2 aromatic heterocycles. The fourth-order valence-electron chi connectivity index (χ4n) is 10.3. The number of aromatic nitrogens is 2. The number of nitrogens with zero attached hydrogens (tertiary/aromatic N) is 2. The second-order valence-corrected chi connectivity index (χ2v) is 19.0. The van der Waals surface area contributed by atoms with E-state index in [2.05, 4.69) is 228 Å². The topological polar surface area (TPSA) is 9.86 Å². The highest BCUT2D eigenvalue weighted by Gasteiger charge is 2.19. The van der Waals surface area contributed by atoms with E-state index in [-0.39, 0.29) is 0 Å². The first-order chi connectivity index (χ1) is 30.4. The van der Waals surface area contributed by atoms with Gasteiger partial charge in [-0.3, -0.25) is 0 Å². The van der Waals surface area contributed by atoms with E-state index in [4.69, 9.17) is 24.4 Å². The molecule has 0 saturated carbocycles. The van der Waals surface area contributed by atoms with Crippen molar-refractivity contribution in [2.75, 3.05) is 0 Å². The second kappa shape index (κ2) is 18.6.